The molecular formula is C50H30N4O2. The van der Waals surface area contributed by atoms with Crippen LogP contribution in [0, 0.1) is 0 Å². The second-order valence-electron chi connectivity index (χ2n) is 13.8. The van der Waals surface area contributed by atoms with E-state index in [2.05, 4.69) is 91.0 Å². The summed E-state index contributed by atoms with van der Waals surface area (Å²) in [7, 11) is 0. The summed E-state index contributed by atoms with van der Waals surface area (Å²) in [4.78, 5) is 20.3. The van der Waals surface area contributed by atoms with Crippen molar-refractivity contribution < 1.29 is 8.83 Å². The number of rotatable bonds is 6. The van der Waals surface area contributed by atoms with Crippen LogP contribution < -0.4 is 0 Å². The molecule has 0 saturated heterocycles. The number of nitrogens with zero attached hydrogens (tertiary/aromatic N) is 4. The maximum absolute atomic E-state index is 6.50. The summed E-state index contributed by atoms with van der Waals surface area (Å²) in [5.41, 5.74) is 13.2. The lowest BCUT2D eigenvalue weighted by Crippen LogP contribution is -1.95. The van der Waals surface area contributed by atoms with Crippen LogP contribution in [-0.4, -0.2) is 19.9 Å². The van der Waals surface area contributed by atoms with Crippen molar-refractivity contribution in [2.75, 3.05) is 0 Å². The molecule has 0 saturated carbocycles. The van der Waals surface area contributed by atoms with Crippen molar-refractivity contribution in [1.82, 2.24) is 19.9 Å². The minimum Gasteiger partial charge on any atom is -0.456 e. The summed E-state index contributed by atoms with van der Waals surface area (Å²) in [6.07, 6.45) is 0. The maximum atomic E-state index is 6.50. The molecule has 0 aliphatic carbocycles. The standard InChI is InChI=1S/C50H30N4O2/c1-4-13-31(14-5-1)34-19-12-20-36(27-34)46-48-47(39-21-10-11-22-43(39)56-48)54-50(53-46)37-24-26-44-40(28-37)38-25-23-35(29-45(38)55-44)42-30-41(32-15-6-2-7-16-32)51-49(52-42)33-17-8-3-9-18-33/h1-30H. The fourth-order valence-electron chi connectivity index (χ4n) is 7.54. The Labute approximate surface area is 321 Å². The van der Waals surface area contributed by atoms with Gasteiger partial charge in [-0.3, -0.25) is 0 Å². The molecular weight excluding hydrogens is 689 g/mol. The lowest BCUT2D eigenvalue weighted by atomic mass is 10.0. The lowest BCUT2D eigenvalue weighted by Gasteiger charge is -2.09. The average molecular weight is 719 g/mol. The molecule has 6 heteroatoms. The molecule has 11 aromatic rings. The van der Waals surface area contributed by atoms with Crippen molar-refractivity contribution in [1.29, 1.82) is 0 Å². The van der Waals surface area contributed by atoms with Crippen LogP contribution in [0.4, 0.5) is 0 Å². The van der Waals surface area contributed by atoms with Gasteiger partial charge < -0.3 is 8.83 Å². The van der Waals surface area contributed by atoms with Crippen LogP contribution >= 0.6 is 0 Å². The van der Waals surface area contributed by atoms with E-state index in [1.165, 1.54) is 0 Å². The molecule has 0 N–H and O–H groups in total. The molecule has 0 unspecified atom stereocenters. The topological polar surface area (TPSA) is 77.8 Å². The highest BCUT2D eigenvalue weighted by Crippen LogP contribution is 2.39. The van der Waals surface area contributed by atoms with Crippen LogP contribution in [0.2, 0.25) is 0 Å². The summed E-state index contributed by atoms with van der Waals surface area (Å²) >= 11 is 0. The quantitative estimate of drug-likeness (QED) is 0.170. The van der Waals surface area contributed by atoms with Gasteiger partial charge in [0.1, 0.15) is 28.0 Å². The van der Waals surface area contributed by atoms with E-state index in [4.69, 9.17) is 28.8 Å². The van der Waals surface area contributed by atoms with E-state index < -0.39 is 0 Å². The van der Waals surface area contributed by atoms with Gasteiger partial charge in [0.05, 0.1) is 11.4 Å². The SMILES string of the molecule is c1ccc(-c2cccc(-c3nc(-c4ccc5oc6cc(-c7cc(-c8ccccc8)nc(-c8ccccc8)n7)ccc6c5c4)nc4c3oc3ccccc34)c2)cc1. The molecule has 0 bridgehead atoms. The molecule has 56 heavy (non-hydrogen) atoms. The van der Waals surface area contributed by atoms with Crippen molar-refractivity contribution in [2.24, 2.45) is 0 Å². The Morgan fingerprint density at radius 2 is 0.929 bits per heavy atom. The van der Waals surface area contributed by atoms with Crippen molar-refractivity contribution >= 4 is 44.0 Å². The molecule has 0 radical (unpaired) electrons. The molecule has 11 rings (SSSR count). The Kier molecular flexibility index (Phi) is 7.38. The predicted molar refractivity (Wildman–Crippen MR) is 225 cm³/mol. The van der Waals surface area contributed by atoms with Crippen molar-refractivity contribution in [3.63, 3.8) is 0 Å². The first-order chi connectivity index (χ1) is 27.7. The number of hydrogen-bond donors (Lipinski definition) is 0. The first-order valence-corrected chi connectivity index (χ1v) is 18.5. The minimum atomic E-state index is 0.611. The van der Waals surface area contributed by atoms with Gasteiger partial charge in [0, 0.05) is 44.0 Å². The normalized spacial score (nSPS) is 11.6. The van der Waals surface area contributed by atoms with E-state index in [0.717, 1.165) is 94.5 Å². The first-order valence-electron chi connectivity index (χ1n) is 18.5. The van der Waals surface area contributed by atoms with Crippen LogP contribution in [0.5, 0.6) is 0 Å². The number of benzene rings is 7. The lowest BCUT2D eigenvalue weighted by molar-refractivity contribution is 0.667. The largest absolute Gasteiger partial charge is 0.456 e. The van der Waals surface area contributed by atoms with Crippen molar-refractivity contribution in [3.8, 4) is 67.7 Å². The summed E-state index contributed by atoms with van der Waals surface area (Å²) in [5.74, 6) is 1.28. The Morgan fingerprint density at radius 3 is 1.73 bits per heavy atom. The Hall–Kier alpha value is -7.70. The van der Waals surface area contributed by atoms with Crippen LogP contribution in [0.3, 0.4) is 0 Å². The third kappa shape index (κ3) is 5.51. The Morgan fingerprint density at radius 1 is 0.304 bits per heavy atom. The molecule has 7 aromatic carbocycles. The van der Waals surface area contributed by atoms with Gasteiger partial charge in [-0.25, -0.2) is 19.9 Å². The number of fused-ring (bicyclic) bond motifs is 6. The number of hydrogen-bond acceptors (Lipinski definition) is 6. The zero-order valence-electron chi connectivity index (χ0n) is 29.9. The van der Waals surface area contributed by atoms with Gasteiger partial charge in [-0.15, -0.1) is 0 Å². The van der Waals surface area contributed by atoms with E-state index in [1.54, 1.807) is 0 Å². The van der Waals surface area contributed by atoms with Gasteiger partial charge in [0.2, 0.25) is 0 Å². The summed E-state index contributed by atoms with van der Waals surface area (Å²) < 4.78 is 13.0. The van der Waals surface area contributed by atoms with Gasteiger partial charge in [-0.1, -0.05) is 127 Å². The maximum Gasteiger partial charge on any atom is 0.180 e. The molecule has 0 aliphatic rings. The third-order valence-corrected chi connectivity index (χ3v) is 10.3. The molecule has 0 fully saturated rings. The monoisotopic (exact) mass is 718 g/mol. The summed E-state index contributed by atoms with van der Waals surface area (Å²) in [6, 6.07) is 61.6. The summed E-state index contributed by atoms with van der Waals surface area (Å²) in [5, 5.41) is 2.93. The molecule has 4 aromatic heterocycles. The second-order valence-corrected chi connectivity index (χ2v) is 13.8. The number of furan rings is 2. The number of para-hydroxylation sites is 1. The fraction of sp³-hybridized carbons (Fsp3) is 0. The van der Waals surface area contributed by atoms with Gasteiger partial charge in [0.15, 0.2) is 17.2 Å². The molecule has 0 spiro atoms. The van der Waals surface area contributed by atoms with E-state index in [1.807, 2.05) is 91.0 Å². The smallest absolute Gasteiger partial charge is 0.180 e. The highest BCUT2D eigenvalue weighted by atomic mass is 16.3. The van der Waals surface area contributed by atoms with Crippen LogP contribution in [0.25, 0.3) is 112 Å². The first kappa shape index (κ1) is 31.8. The van der Waals surface area contributed by atoms with Gasteiger partial charge in [-0.2, -0.15) is 0 Å². The van der Waals surface area contributed by atoms with E-state index in [0.29, 0.717) is 17.2 Å². The van der Waals surface area contributed by atoms with Crippen LogP contribution in [0.15, 0.2) is 191 Å². The molecule has 262 valence electrons. The molecule has 0 aliphatic heterocycles. The zero-order valence-corrected chi connectivity index (χ0v) is 29.9. The highest BCUT2D eigenvalue weighted by molar-refractivity contribution is 6.09. The third-order valence-electron chi connectivity index (χ3n) is 10.3. The highest BCUT2D eigenvalue weighted by Gasteiger charge is 2.20. The summed E-state index contributed by atoms with van der Waals surface area (Å²) in [6.45, 7) is 0. The van der Waals surface area contributed by atoms with E-state index in [-0.39, 0.29) is 0 Å². The van der Waals surface area contributed by atoms with Crippen molar-refractivity contribution in [2.45, 2.75) is 0 Å². The average Bonchev–Trinajstić information content (AvgIpc) is 3.84. The Bertz CT molecular complexity index is 3190. The van der Waals surface area contributed by atoms with Crippen LogP contribution in [-0.2, 0) is 0 Å². The van der Waals surface area contributed by atoms with Crippen LogP contribution in [0.1, 0.15) is 0 Å². The van der Waals surface area contributed by atoms with E-state index in [9.17, 15) is 0 Å². The van der Waals surface area contributed by atoms with Gasteiger partial charge >= 0.3 is 0 Å². The van der Waals surface area contributed by atoms with Crippen molar-refractivity contribution in [3.05, 3.63) is 182 Å². The zero-order chi connectivity index (χ0) is 37.0. The molecule has 4 heterocycles. The van der Waals surface area contributed by atoms with E-state index >= 15 is 0 Å². The molecule has 6 nitrogen and oxygen atoms in total. The predicted octanol–water partition coefficient (Wildman–Crippen LogP) is 13.1. The minimum absolute atomic E-state index is 0.611. The Balaban J connectivity index is 1.04. The van der Waals surface area contributed by atoms with Gasteiger partial charge in [-0.05, 0) is 65.7 Å². The molecule has 0 atom stereocenters. The number of aromatic nitrogens is 4. The molecule has 0 amide bonds. The van der Waals surface area contributed by atoms with Gasteiger partial charge in [0.25, 0.3) is 0 Å². The fourth-order valence-corrected chi connectivity index (χ4v) is 7.54. The second kappa shape index (κ2) is 13.0.